The molecule has 1 saturated carbocycles. The Labute approximate surface area is 131 Å². The van der Waals surface area contributed by atoms with Gasteiger partial charge in [0.25, 0.3) is 0 Å². The Balaban J connectivity index is 1.86. The van der Waals surface area contributed by atoms with E-state index in [1.165, 1.54) is 49.7 Å². The average molecular weight is 282 g/mol. The van der Waals surface area contributed by atoms with Crippen molar-refractivity contribution >= 4 is 0 Å². The minimum Gasteiger partial charge on any atom is -0.0814 e. The van der Waals surface area contributed by atoms with Gasteiger partial charge in [0, 0.05) is 0 Å². The first-order valence-corrected chi connectivity index (χ1v) is 8.59. The fraction of sp³-hybridized carbons (Fsp3) is 0.524. The second-order valence-corrected chi connectivity index (χ2v) is 6.73. The van der Waals surface area contributed by atoms with Crippen LogP contribution in [0.3, 0.4) is 0 Å². The van der Waals surface area contributed by atoms with E-state index < -0.39 is 0 Å². The molecule has 1 fully saturated rings. The van der Waals surface area contributed by atoms with Crippen LogP contribution in [0.15, 0.2) is 48.1 Å². The van der Waals surface area contributed by atoms with E-state index in [1.54, 1.807) is 5.56 Å². The molecular formula is C21H30. The summed E-state index contributed by atoms with van der Waals surface area (Å²) >= 11 is 0. The highest BCUT2D eigenvalue weighted by molar-refractivity contribution is 5.26. The van der Waals surface area contributed by atoms with E-state index in [1.807, 2.05) is 0 Å². The normalized spacial score (nSPS) is 22.4. The van der Waals surface area contributed by atoms with Gasteiger partial charge in [0.15, 0.2) is 0 Å². The van der Waals surface area contributed by atoms with Gasteiger partial charge in [-0.2, -0.15) is 0 Å². The van der Waals surface area contributed by atoms with Crippen LogP contribution in [-0.4, -0.2) is 0 Å². The zero-order valence-electron chi connectivity index (χ0n) is 13.9. The lowest BCUT2D eigenvalue weighted by Gasteiger charge is -2.27. The van der Waals surface area contributed by atoms with Crippen LogP contribution < -0.4 is 0 Å². The Morgan fingerprint density at radius 3 is 2.29 bits per heavy atom. The number of hydrogen-bond acceptors (Lipinski definition) is 0. The molecular weight excluding hydrogens is 252 g/mol. The third-order valence-corrected chi connectivity index (χ3v) is 4.57. The van der Waals surface area contributed by atoms with Crippen molar-refractivity contribution in [2.75, 3.05) is 0 Å². The van der Waals surface area contributed by atoms with Gasteiger partial charge in [-0.15, -0.1) is 0 Å². The summed E-state index contributed by atoms with van der Waals surface area (Å²) in [5.41, 5.74) is 4.42. The smallest absolute Gasteiger partial charge is 0.0162 e. The highest BCUT2D eigenvalue weighted by Crippen LogP contribution is 2.36. The summed E-state index contributed by atoms with van der Waals surface area (Å²) in [6, 6.07) is 9.41. The minimum atomic E-state index is 0.786. The molecule has 2 rings (SSSR count). The quantitative estimate of drug-likeness (QED) is 0.545. The molecule has 0 aromatic heterocycles. The number of allylic oxidation sites excluding steroid dienone is 4. The predicted molar refractivity (Wildman–Crippen MR) is 93.7 cm³/mol. The van der Waals surface area contributed by atoms with Crippen molar-refractivity contribution in [3.63, 3.8) is 0 Å². The van der Waals surface area contributed by atoms with Gasteiger partial charge in [0.1, 0.15) is 0 Å². The van der Waals surface area contributed by atoms with Crippen LogP contribution in [0.4, 0.5) is 0 Å². The predicted octanol–water partition coefficient (Wildman–Crippen LogP) is 6.44. The van der Waals surface area contributed by atoms with Crippen molar-refractivity contribution in [1.82, 2.24) is 0 Å². The molecule has 1 aromatic rings. The first-order chi connectivity index (χ1) is 10.2. The lowest BCUT2D eigenvalue weighted by Crippen LogP contribution is -2.11. The third kappa shape index (κ3) is 5.19. The molecule has 0 atom stereocenters. The van der Waals surface area contributed by atoms with Crippen LogP contribution in [0, 0.1) is 5.92 Å². The lowest BCUT2D eigenvalue weighted by molar-refractivity contribution is 0.376. The van der Waals surface area contributed by atoms with E-state index >= 15 is 0 Å². The molecule has 0 heteroatoms. The van der Waals surface area contributed by atoms with Crippen LogP contribution in [0.25, 0.3) is 0 Å². The van der Waals surface area contributed by atoms with Gasteiger partial charge in [-0.3, -0.25) is 0 Å². The van der Waals surface area contributed by atoms with Gasteiger partial charge in [0.2, 0.25) is 0 Å². The number of rotatable bonds is 5. The topological polar surface area (TPSA) is 0 Å². The summed E-state index contributed by atoms with van der Waals surface area (Å²) in [5, 5.41) is 0. The fourth-order valence-electron chi connectivity index (χ4n) is 3.30. The van der Waals surface area contributed by atoms with Crippen LogP contribution in [0.2, 0.25) is 0 Å². The highest BCUT2D eigenvalue weighted by Gasteiger charge is 2.20. The van der Waals surface area contributed by atoms with Gasteiger partial charge >= 0.3 is 0 Å². The van der Waals surface area contributed by atoms with Crippen molar-refractivity contribution in [2.45, 2.75) is 65.2 Å². The van der Waals surface area contributed by atoms with Crippen LogP contribution in [-0.2, 0) is 6.42 Å². The number of aryl methyl sites for hydroxylation is 1. The average Bonchev–Trinajstić information content (AvgIpc) is 2.49. The van der Waals surface area contributed by atoms with E-state index in [0.29, 0.717) is 0 Å². The Hall–Kier alpha value is -1.30. The molecule has 1 aliphatic carbocycles. The Kier molecular flexibility index (Phi) is 6.29. The Bertz CT molecular complexity index is 463. The molecule has 0 heterocycles. The molecule has 21 heavy (non-hydrogen) atoms. The Morgan fingerprint density at radius 2 is 1.71 bits per heavy atom. The van der Waals surface area contributed by atoms with Crippen LogP contribution in [0.5, 0.6) is 0 Å². The molecule has 1 aliphatic rings. The summed E-state index contributed by atoms with van der Waals surface area (Å²) in [6.45, 7) is 6.56. The second kappa shape index (κ2) is 8.22. The summed E-state index contributed by atoms with van der Waals surface area (Å²) in [5.74, 6) is 1.57. The van der Waals surface area contributed by atoms with Crippen molar-refractivity contribution in [3.05, 3.63) is 59.2 Å². The zero-order chi connectivity index (χ0) is 15.1. The van der Waals surface area contributed by atoms with Crippen LogP contribution >= 0.6 is 0 Å². The molecule has 0 unspecified atom stereocenters. The van der Waals surface area contributed by atoms with E-state index in [-0.39, 0.29) is 0 Å². The molecule has 0 spiro atoms. The maximum Gasteiger partial charge on any atom is -0.0162 e. The van der Waals surface area contributed by atoms with Gasteiger partial charge in [0.05, 0.1) is 0 Å². The monoisotopic (exact) mass is 282 g/mol. The van der Waals surface area contributed by atoms with E-state index in [9.17, 15) is 0 Å². The van der Waals surface area contributed by atoms with E-state index in [4.69, 9.17) is 0 Å². The van der Waals surface area contributed by atoms with Gasteiger partial charge < -0.3 is 0 Å². The molecule has 0 saturated heterocycles. The van der Waals surface area contributed by atoms with Crippen molar-refractivity contribution < 1.29 is 0 Å². The SMILES string of the molecule is CCCc1ccc(C2CCC(/C=C/C=C(C)C)CC2)cc1. The molecule has 114 valence electrons. The standard InChI is InChI=1S/C21H30/c1-4-6-18-9-13-20(14-10-18)21-15-11-19(12-16-21)8-5-7-17(2)3/h5,7-10,13-14,19,21H,4,6,11-12,15-16H2,1-3H3/b8-5+. The van der Waals surface area contributed by atoms with Crippen LogP contribution in [0.1, 0.15) is 69.9 Å². The maximum atomic E-state index is 2.41. The zero-order valence-corrected chi connectivity index (χ0v) is 13.9. The van der Waals surface area contributed by atoms with E-state index in [0.717, 1.165) is 11.8 Å². The molecule has 0 nitrogen and oxygen atoms in total. The Morgan fingerprint density at radius 1 is 1.05 bits per heavy atom. The van der Waals surface area contributed by atoms with Gasteiger partial charge in [-0.05, 0) is 68.9 Å². The van der Waals surface area contributed by atoms with Gasteiger partial charge in [-0.1, -0.05) is 61.4 Å². The third-order valence-electron chi connectivity index (χ3n) is 4.57. The number of hydrogen-bond donors (Lipinski definition) is 0. The summed E-state index contributed by atoms with van der Waals surface area (Å²) in [6.07, 6.45) is 14.7. The maximum absolute atomic E-state index is 2.41. The highest BCUT2D eigenvalue weighted by atomic mass is 14.3. The second-order valence-electron chi connectivity index (χ2n) is 6.73. The van der Waals surface area contributed by atoms with Crippen molar-refractivity contribution in [1.29, 1.82) is 0 Å². The largest absolute Gasteiger partial charge is 0.0814 e. The number of benzene rings is 1. The molecule has 0 bridgehead atoms. The lowest BCUT2D eigenvalue weighted by atomic mass is 9.78. The molecule has 0 radical (unpaired) electrons. The minimum absolute atomic E-state index is 0.786. The van der Waals surface area contributed by atoms with E-state index in [2.05, 4.69) is 63.3 Å². The molecule has 1 aromatic carbocycles. The van der Waals surface area contributed by atoms with Gasteiger partial charge in [-0.25, -0.2) is 0 Å². The summed E-state index contributed by atoms with van der Waals surface area (Å²) in [7, 11) is 0. The molecule has 0 amide bonds. The van der Waals surface area contributed by atoms with Crippen molar-refractivity contribution in [3.8, 4) is 0 Å². The summed E-state index contributed by atoms with van der Waals surface area (Å²) < 4.78 is 0. The first-order valence-electron chi connectivity index (χ1n) is 8.59. The molecule has 0 aliphatic heterocycles. The van der Waals surface area contributed by atoms with Crippen molar-refractivity contribution in [2.24, 2.45) is 5.92 Å². The molecule has 0 N–H and O–H groups in total. The fourth-order valence-corrected chi connectivity index (χ4v) is 3.30. The summed E-state index contributed by atoms with van der Waals surface area (Å²) in [4.78, 5) is 0. The first kappa shape index (κ1) is 16.1.